The van der Waals surface area contributed by atoms with Crippen LogP contribution in [0.1, 0.15) is 56.6 Å². The van der Waals surface area contributed by atoms with Crippen LogP contribution in [0, 0.1) is 18.6 Å². The Kier molecular flexibility index (Phi) is 7.38. The normalized spacial score (nSPS) is 27.3. The number of ether oxygens (including phenoxy) is 1. The Labute approximate surface area is 262 Å². The van der Waals surface area contributed by atoms with Crippen molar-refractivity contribution in [1.29, 1.82) is 0 Å². The van der Waals surface area contributed by atoms with Crippen LogP contribution in [0.3, 0.4) is 0 Å². The zero-order valence-corrected chi connectivity index (χ0v) is 25.6. The van der Waals surface area contributed by atoms with Crippen molar-refractivity contribution in [3.8, 4) is 17.3 Å². The molecule has 7 rings (SSSR count). The van der Waals surface area contributed by atoms with Gasteiger partial charge >= 0.3 is 12.2 Å². The summed E-state index contributed by atoms with van der Waals surface area (Å²) in [6.07, 6.45) is 1.69. The van der Waals surface area contributed by atoms with E-state index < -0.39 is 45.9 Å². The number of aryl methyl sites for hydroxylation is 1. The van der Waals surface area contributed by atoms with Gasteiger partial charge < -0.3 is 20.7 Å². The van der Waals surface area contributed by atoms with Gasteiger partial charge in [-0.3, -0.25) is 9.88 Å². The van der Waals surface area contributed by atoms with Gasteiger partial charge in [0.15, 0.2) is 11.6 Å². The molecule has 3 N–H and O–H groups in total. The molecule has 2 unspecified atom stereocenters. The molecule has 8 nitrogen and oxygen atoms in total. The number of anilines is 2. The molecule has 0 amide bonds. The minimum Gasteiger partial charge on any atom is -0.461 e. The minimum atomic E-state index is -5.02. The number of rotatable bonds is 6. The van der Waals surface area contributed by atoms with E-state index in [2.05, 4.69) is 27.1 Å². The first-order valence-corrected chi connectivity index (χ1v) is 15.6. The topological polar surface area (TPSA) is 92.4 Å². The highest BCUT2D eigenvalue weighted by Crippen LogP contribution is 2.45. The van der Waals surface area contributed by atoms with Crippen molar-refractivity contribution in [2.24, 2.45) is 0 Å². The van der Waals surface area contributed by atoms with E-state index in [1.54, 1.807) is 0 Å². The lowest BCUT2D eigenvalue weighted by Gasteiger charge is -2.42. The summed E-state index contributed by atoms with van der Waals surface area (Å²) in [5.74, 6) is -2.33. The number of hydrogen-bond donors (Lipinski definition) is 2. The third-order valence-electron chi connectivity index (χ3n) is 10.4. The largest absolute Gasteiger partial charge is 0.461 e. The molecule has 46 heavy (non-hydrogen) atoms. The first-order valence-electron chi connectivity index (χ1n) is 15.6. The molecule has 3 aromatic rings. The van der Waals surface area contributed by atoms with E-state index in [1.807, 2.05) is 4.90 Å². The minimum absolute atomic E-state index is 0.110. The monoisotopic (exact) mass is 647 g/mol. The quantitative estimate of drug-likeness (QED) is 0.246. The van der Waals surface area contributed by atoms with Crippen LogP contribution in [0.15, 0.2) is 24.2 Å². The van der Waals surface area contributed by atoms with E-state index in [1.165, 1.54) is 6.20 Å². The van der Waals surface area contributed by atoms with Crippen LogP contribution < -0.4 is 20.7 Å². The predicted octanol–water partition coefficient (Wildman–Crippen LogP) is 6.07. The molecule has 246 valence electrons. The second-order valence-corrected chi connectivity index (χ2v) is 13.2. The number of hydrogen-bond acceptors (Lipinski definition) is 8. The molecule has 2 bridgehead atoms. The summed E-state index contributed by atoms with van der Waals surface area (Å²) in [6.45, 7) is 5.71. The summed E-state index contributed by atoms with van der Waals surface area (Å²) in [5, 5.41) is 3.85. The van der Waals surface area contributed by atoms with Gasteiger partial charge in [0.25, 0.3) is 0 Å². The maximum Gasteiger partial charge on any atom is 0.417 e. The molecular weight excluding hydrogens is 612 g/mol. The second-order valence-electron chi connectivity index (χ2n) is 13.2. The Morgan fingerprint density at radius 3 is 2.74 bits per heavy atom. The molecule has 4 aliphatic rings. The molecule has 0 aliphatic carbocycles. The van der Waals surface area contributed by atoms with Crippen molar-refractivity contribution in [3.63, 3.8) is 0 Å². The number of halogens is 6. The highest BCUT2D eigenvalue weighted by Gasteiger charge is 2.48. The maximum absolute atomic E-state index is 16.6. The van der Waals surface area contributed by atoms with Gasteiger partial charge in [-0.05, 0) is 69.2 Å². The van der Waals surface area contributed by atoms with Crippen molar-refractivity contribution in [3.05, 3.63) is 46.9 Å². The highest BCUT2D eigenvalue weighted by molar-refractivity contribution is 5.92. The van der Waals surface area contributed by atoms with Gasteiger partial charge in [0.1, 0.15) is 23.6 Å². The Morgan fingerprint density at radius 1 is 1.20 bits per heavy atom. The molecule has 4 saturated heterocycles. The fourth-order valence-electron chi connectivity index (χ4n) is 8.10. The van der Waals surface area contributed by atoms with Crippen molar-refractivity contribution >= 4 is 22.4 Å². The van der Waals surface area contributed by atoms with Crippen LogP contribution in [0.25, 0.3) is 22.2 Å². The lowest BCUT2D eigenvalue weighted by molar-refractivity contribution is -0.137. The number of nitrogen functional groups attached to an aromatic ring is 1. The molecule has 0 radical (unpaired) electrons. The number of alkyl halides is 3. The van der Waals surface area contributed by atoms with Crippen LogP contribution in [0.5, 0.6) is 6.01 Å². The number of nitrogens with one attached hydrogen (secondary N) is 1. The van der Waals surface area contributed by atoms with Crippen molar-refractivity contribution in [1.82, 2.24) is 25.2 Å². The molecule has 6 heterocycles. The molecule has 1 aromatic carbocycles. The van der Waals surface area contributed by atoms with E-state index in [0.29, 0.717) is 43.8 Å². The van der Waals surface area contributed by atoms with Gasteiger partial charge in [0, 0.05) is 37.4 Å². The fraction of sp³-hybridized carbons (Fsp3) is 0.531. The van der Waals surface area contributed by atoms with Crippen LogP contribution >= 0.6 is 0 Å². The molecule has 14 heteroatoms. The Balaban J connectivity index is 1.37. The van der Waals surface area contributed by atoms with Gasteiger partial charge in [-0.15, -0.1) is 0 Å². The van der Waals surface area contributed by atoms with E-state index >= 15 is 8.78 Å². The molecule has 4 fully saturated rings. The number of pyridine rings is 1. The standard InChI is InChI=1S/C32H35F6N7O/c1-3-30-7-5-19(43-30)14-44(15-30)28-20-12-40-27(22-23(32(36,37)38)17(2)9-21(39)24(22)34)25(35)26(20)41-29(42-28)46-16-31-6-4-8-45(31)13-18(10-31)11-33/h9,11-12,19,43H,3-8,10,13-16,39H2,1-2H3/b18-11+/t19?,30?,31-/m0/s1. The smallest absolute Gasteiger partial charge is 0.417 e. The van der Waals surface area contributed by atoms with Gasteiger partial charge in [-0.1, -0.05) is 6.92 Å². The van der Waals surface area contributed by atoms with Gasteiger partial charge in [0.2, 0.25) is 0 Å². The lowest BCUT2D eigenvalue weighted by Crippen LogP contribution is -2.59. The number of aromatic nitrogens is 3. The average Bonchev–Trinajstić information content (AvgIpc) is 3.67. The number of piperazine rings is 1. The van der Waals surface area contributed by atoms with E-state index in [-0.39, 0.29) is 40.7 Å². The zero-order valence-electron chi connectivity index (χ0n) is 25.6. The third kappa shape index (κ3) is 4.95. The summed E-state index contributed by atoms with van der Waals surface area (Å²) < 4.78 is 94.3. The summed E-state index contributed by atoms with van der Waals surface area (Å²) in [4.78, 5) is 17.3. The molecule has 4 aliphatic heterocycles. The van der Waals surface area contributed by atoms with E-state index in [4.69, 9.17) is 15.5 Å². The zero-order chi connectivity index (χ0) is 32.6. The average molecular weight is 648 g/mol. The van der Waals surface area contributed by atoms with Crippen LogP contribution in [-0.2, 0) is 6.18 Å². The van der Waals surface area contributed by atoms with Gasteiger partial charge in [-0.25, -0.2) is 13.2 Å². The number of nitrogens with two attached hydrogens (primary N) is 1. The summed E-state index contributed by atoms with van der Waals surface area (Å²) >= 11 is 0. The van der Waals surface area contributed by atoms with Crippen LogP contribution in [0.4, 0.5) is 37.8 Å². The number of fused-ring (bicyclic) bond motifs is 4. The summed E-state index contributed by atoms with van der Waals surface area (Å²) in [5.41, 5.74) is 1.16. The van der Waals surface area contributed by atoms with E-state index in [0.717, 1.165) is 51.6 Å². The first-order chi connectivity index (χ1) is 21.9. The predicted molar refractivity (Wildman–Crippen MR) is 161 cm³/mol. The Hall–Kier alpha value is -3.65. The van der Waals surface area contributed by atoms with Gasteiger partial charge in [-0.2, -0.15) is 23.1 Å². The van der Waals surface area contributed by atoms with Crippen molar-refractivity contribution in [2.45, 2.75) is 75.7 Å². The fourth-order valence-corrected chi connectivity index (χ4v) is 8.10. The SMILES string of the molecule is CCC12CCC(CN(c3nc(OC[C@@]45CCCN4C/C(=C/F)C5)nc4c(F)c(-c5c(F)c(N)cc(C)c5C(F)(F)F)ncc34)C1)N2. The second kappa shape index (κ2) is 11.0. The van der Waals surface area contributed by atoms with Crippen LogP contribution in [0.2, 0.25) is 0 Å². The third-order valence-corrected chi connectivity index (χ3v) is 10.4. The Morgan fingerprint density at radius 2 is 2.00 bits per heavy atom. The molecular formula is C32H35F6N7O. The number of benzene rings is 1. The highest BCUT2D eigenvalue weighted by atomic mass is 19.4. The lowest BCUT2D eigenvalue weighted by atomic mass is 9.93. The summed E-state index contributed by atoms with van der Waals surface area (Å²) in [6, 6.07) is 0.858. The molecule has 3 atom stereocenters. The van der Waals surface area contributed by atoms with Gasteiger partial charge in [0.05, 0.1) is 34.1 Å². The van der Waals surface area contributed by atoms with Crippen molar-refractivity contribution in [2.75, 3.05) is 43.4 Å². The maximum atomic E-state index is 16.6. The van der Waals surface area contributed by atoms with Crippen LogP contribution in [-0.4, -0.2) is 69.8 Å². The number of nitrogens with zero attached hydrogens (tertiary/aromatic N) is 5. The van der Waals surface area contributed by atoms with E-state index in [9.17, 15) is 17.6 Å². The molecule has 0 spiro atoms. The Bertz CT molecular complexity index is 1750. The molecule has 2 aromatic heterocycles. The van der Waals surface area contributed by atoms with Crippen molar-refractivity contribution < 1.29 is 31.1 Å². The molecule has 0 saturated carbocycles. The summed E-state index contributed by atoms with van der Waals surface area (Å²) in [7, 11) is 0. The first kappa shape index (κ1) is 31.0.